The SMILES string of the molecule is CC(N)CCCOS(C)(=O)=O. The first-order valence-electron chi connectivity index (χ1n) is 3.52. The summed E-state index contributed by atoms with van der Waals surface area (Å²) in [6.45, 7) is 2.11. The largest absolute Gasteiger partial charge is 0.328 e. The van der Waals surface area contributed by atoms with Gasteiger partial charge in [0.05, 0.1) is 12.9 Å². The van der Waals surface area contributed by atoms with Crippen molar-refractivity contribution in [1.29, 1.82) is 0 Å². The molecule has 0 saturated carbocycles. The quantitative estimate of drug-likeness (QED) is 0.482. The third kappa shape index (κ3) is 9.87. The molecule has 4 nitrogen and oxygen atoms in total. The van der Waals surface area contributed by atoms with Crippen molar-refractivity contribution in [2.75, 3.05) is 12.9 Å². The second kappa shape index (κ2) is 4.69. The van der Waals surface area contributed by atoms with Crippen LogP contribution in [0.3, 0.4) is 0 Å². The van der Waals surface area contributed by atoms with Gasteiger partial charge in [0.2, 0.25) is 0 Å². The highest BCUT2D eigenvalue weighted by Gasteiger charge is 2.01. The smallest absolute Gasteiger partial charge is 0.264 e. The summed E-state index contributed by atoms with van der Waals surface area (Å²) in [5, 5.41) is 0. The summed E-state index contributed by atoms with van der Waals surface area (Å²) in [7, 11) is -3.26. The Bertz CT molecular complexity index is 186. The summed E-state index contributed by atoms with van der Waals surface area (Å²) in [6, 6.07) is 0.109. The Balaban J connectivity index is 3.30. The van der Waals surface area contributed by atoms with Crippen LogP contribution in [0.2, 0.25) is 0 Å². The van der Waals surface area contributed by atoms with Crippen LogP contribution >= 0.6 is 0 Å². The van der Waals surface area contributed by atoms with E-state index in [2.05, 4.69) is 4.18 Å². The zero-order valence-electron chi connectivity index (χ0n) is 6.91. The van der Waals surface area contributed by atoms with Crippen LogP contribution in [0.1, 0.15) is 19.8 Å². The average molecular weight is 181 g/mol. The normalized spacial score (nSPS) is 14.8. The van der Waals surface area contributed by atoms with Crippen molar-refractivity contribution in [3.63, 3.8) is 0 Å². The average Bonchev–Trinajstić information content (AvgIpc) is 1.78. The zero-order valence-corrected chi connectivity index (χ0v) is 7.73. The van der Waals surface area contributed by atoms with Gasteiger partial charge in [0.1, 0.15) is 0 Å². The van der Waals surface area contributed by atoms with E-state index in [1.54, 1.807) is 0 Å². The highest BCUT2D eigenvalue weighted by atomic mass is 32.2. The van der Waals surface area contributed by atoms with Crippen molar-refractivity contribution in [2.24, 2.45) is 5.73 Å². The molecule has 0 aliphatic carbocycles. The standard InChI is InChI=1S/C6H15NO3S/c1-6(7)4-3-5-10-11(2,8)9/h6H,3-5,7H2,1-2H3. The van der Waals surface area contributed by atoms with E-state index in [0.29, 0.717) is 6.42 Å². The molecule has 68 valence electrons. The molecule has 1 atom stereocenters. The summed E-state index contributed by atoms with van der Waals surface area (Å²) < 4.78 is 25.3. The van der Waals surface area contributed by atoms with Gasteiger partial charge in [0.15, 0.2) is 0 Å². The molecule has 5 heteroatoms. The second-order valence-electron chi connectivity index (χ2n) is 2.65. The van der Waals surface area contributed by atoms with Gasteiger partial charge in [0, 0.05) is 6.04 Å². The third-order valence-corrected chi connectivity index (χ3v) is 1.70. The summed E-state index contributed by atoms with van der Waals surface area (Å²) in [4.78, 5) is 0. The molecule has 0 aliphatic rings. The van der Waals surface area contributed by atoms with E-state index in [0.717, 1.165) is 12.7 Å². The van der Waals surface area contributed by atoms with Crippen molar-refractivity contribution >= 4 is 10.1 Å². The van der Waals surface area contributed by atoms with E-state index >= 15 is 0 Å². The molecule has 0 fully saturated rings. The molecule has 0 saturated heterocycles. The van der Waals surface area contributed by atoms with Gasteiger partial charge in [-0.1, -0.05) is 0 Å². The lowest BCUT2D eigenvalue weighted by atomic mass is 10.2. The van der Waals surface area contributed by atoms with Crippen LogP contribution < -0.4 is 5.73 Å². The van der Waals surface area contributed by atoms with Crippen LogP contribution in [0.4, 0.5) is 0 Å². The Morgan fingerprint density at radius 3 is 2.45 bits per heavy atom. The number of hydrogen-bond donors (Lipinski definition) is 1. The van der Waals surface area contributed by atoms with Crippen molar-refractivity contribution in [2.45, 2.75) is 25.8 Å². The first-order valence-corrected chi connectivity index (χ1v) is 5.33. The zero-order chi connectivity index (χ0) is 8.91. The molecule has 0 amide bonds. The number of nitrogens with two attached hydrogens (primary N) is 1. The summed E-state index contributed by atoms with van der Waals surface area (Å²) in [5.41, 5.74) is 5.44. The molecule has 0 aliphatic heterocycles. The lowest BCUT2D eigenvalue weighted by Gasteiger charge is -2.03. The van der Waals surface area contributed by atoms with E-state index in [9.17, 15) is 8.42 Å². The fraction of sp³-hybridized carbons (Fsp3) is 1.00. The van der Waals surface area contributed by atoms with Gasteiger partial charge < -0.3 is 5.73 Å². The van der Waals surface area contributed by atoms with Gasteiger partial charge in [0.25, 0.3) is 10.1 Å². The summed E-state index contributed by atoms with van der Waals surface area (Å²) in [5.74, 6) is 0. The first-order chi connectivity index (χ1) is 4.92. The minimum atomic E-state index is -3.26. The van der Waals surface area contributed by atoms with Gasteiger partial charge in [-0.2, -0.15) is 8.42 Å². The van der Waals surface area contributed by atoms with Crippen LogP contribution in [0.5, 0.6) is 0 Å². The van der Waals surface area contributed by atoms with Crippen LogP contribution in [-0.2, 0) is 14.3 Å². The molecule has 0 bridgehead atoms. The molecule has 1 unspecified atom stereocenters. The van der Waals surface area contributed by atoms with E-state index in [1.807, 2.05) is 6.92 Å². The predicted octanol–water partition coefficient (Wildman–Crippen LogP) is 0.0900. The molecule has 0 radical (unpaired) electrons. The monoisotopic (exact) mass is 181 g/mol. The van der Waals surface area contributed by atoms with Gasteiger partial charge in [-0.3, -0.25) is 4.18 Å². The van der Waals surface area contributed by atoms with E-state index in [-0.39, 0.29) is 12.6 Å². The first kappa shape index (κ1) is 10.9. The topological polar surface area (TPSA) is 69.4 Å². The van der Waals surface area contributed by atoms with Crippen LogP contribution in [-0.4, -0.2) is 27.3 Å². The molecule has 2 N–H and O–H groups in total. The maximum absolute atomic E-state index is 10.4. The molecule has 0 heterocycles. The second-order valence-corrected chi connectivity index (χ2v) is 4.29. The maximum Gasteiger partial charge on any atom is 0.264 e. The fourth-order valence-corrected chi connectivity index (χ4v) is 1.04. The minimum Gasteiger partial charge on any atom is -0.328 e. The van der Waals surface area contributed by atoms with Gasteiger partial charge in [-0.15, -0.1) is 0 Å². The molecule has 11 heavy (non-hydrogen) atoms. The van der Waals surface area contributed by atoms with Gasteiger partial charge >= 0.3 is 0 Å². The Morgan fingerprint density at radius 1 is 1.55 bits per heavy atom. The Hall–Kier alpha value is -0.130. The molecule has 0 spiro atoms. The molecular weight excluding hydrogens is 166 g/mol. The highest BCUT2D eigenvalue weighted by Crippen LogP contribution is 1.96. The third-order valence-electron chi connectivity index (χ3n) is 1.10. The maximum atomic E-state index is 10.4. The van der Waals surface area contributed by atoms with Crippen LogP contribution in [0.25, 0.3) is 0 Å². The Morgan fingerprint density at radius 2 is 2.09 bits per heavy atom. The van der Waals surface area contributed by atoms with Crippen LogP contribution in [0.15, 0.2) is 0 Å². The minimum absolute atomic E-state index is 0.109. The van der Waals surface area contributed by atoms with Crippen molar-refractivity contribution < 1.29 is 12.6 Å². The van der Waals surface area contributed by atoms with Crippen molar-refractivity contribution in [3.05, 3.63) is 0 Å². The fourth-order valence-electron chi connectivity index (χ4n) is 0.616. The number of hydrogen-bond acceptors (Lipinski definition) is 4. The Labute approximate surface area is 67.9 Å². The van der Waals surface area contributed by atoms with E-state index in [1.165, 1.54) is 0 Å². The molecule has 0 aromatic carbocycles. The lowest BCUT2D eigenvalue weighted by molar-refractivity contribution is 0.308. The predicted molar refractivity (Wildman–Crippen MR) is 43.7 cm³/mol. The molecule has 0 aromatic heterocycles. The molecular formula is C6H15NO3S. The molecule has 0 aromatic rings. The van der Waals surface area contributed by atoms with Crippen molar-refractivity contribution in [3.8, 4) is 0 Å². The Kier molecular flexibility index (Phi) is 4.63. The van der Waals surface area contributed by atoms with E-state index in [4.69, 9.17) is 5.73 Å². The van der Waals surface area contributed by atoms with Gasteiger partial charge in [-0.25, -0.2) is 0 Å². The summed E-state index contributed by atoms with van der Waals surface area (Å²) >= 11 is 0. The van der Waals surface area contributed by atoms with E-state index < -0.39 is 10.1 Å². The van der Waals surface area contributed by atoms with Gasteiger partial charge in [-0.05, 0) is 19.8 Å². The van der Waals surface area contributed by atoms with Crippen LogP contribution in [0, 0.1) is 0 Å². The summed E-state index contributed by atoms with van der Waals surface area (Å²) in [6.07, 6.45) is 2.51. The highest BCUT2D eigenvalue weighted by molar-refractivity contribution is 7.85. The van der Waals surface area contributed by atoms with Crippen molar-refractivity contribution in [1.82, 2.24) is 0 Å². The number of rotatable bonds is 5. The lowest BCUT2D eigenvalue weighted by Crippen LogP contribution is -2.15. The molecule has 0 rings (SSSR count).